The third-order valence-electron chi connectivity index (χ3n) is 3.29. The van der Waals surface area contributed by atoms with Crippen LogP contribution >= 0.6 is 0 Å². The third-order valence-corrected chi connectivity index (χ3v) is 3.29. The molecule has 0 saturated heterocycles. The van der Waals surface area contributed by atoms with Gasteiger partial charge in [-0.25, -0.2) is 9.48 Å². The van der Waals surface area contributed by atoms with Crippen LogP contribution in [0.15, 0.2) is 47.1 Å². The first-order valence-corrected chi connectivity index (χ1v) is 6.51. The zero-order valence-electron chi connectivity index (χ0n) is 11.7. The minimum Gasteiger partial charge on any atom is -0.477 e. The number of hydrogen-bond acceptors (Lipinski definition) is 3. The van der Waals surface area contributed by atoms with Gasteiger partial charge in [-0.2, -0.15) is 5.10 Å². The van der Waals surface area contributed by atoms with Crippen LogP contribution in [0.1, 0.15) is 21.6 Å². The molecule has 2 aromatic heterocycles. The van der Waals surface area contributed by atoms with Crippen molar-refractivity contribution < 1.29 is 14.3 Å². The molecule has 0 unspecified atom stereocenters. The predicted octanol–water partition coefficient (Wildman–Crippen LogP) is 3.45. The Hall–Kier alpha value is -2.82. The van der Waals surface area contributed by atoms with Crippen LogP contribution in [0.5, 0.6) is 0 Å². The highest BCUT2D eigenvalue weighted by Crippen LogP contribution is 2.24. The summed E-state index contributed by atoms with van der Waals surface area (Å²) in [5.74, 6) is -0.484. The van der Waals surface area contributed by atoms with Crippen molar-refractivity contribution in [1.29, 1.82) is 0 Å². The van der Waals surface area contributed by atoms with Crippen LogP contribution in [-0.2, 0) is 0 Å². The average molecular weight is 282 g/mol. The van der Waals surface area contributed by atoms with Gasteiger partial charge < -0.3 is 9.52 Å². The highest BCUT2D eigenvalue weighted by molar-refractivity contribution is 5.88. The normalized spacial score (nSPS) is 10.8. The lowest BCUT2D eigenvalue weighted by Gasteiger charge is -2.09. The van der Waals surface area contributed by atoms with Gasteiger partial charge in [-0.3, -0.25) is 0 Å². The zero-order valence-corrected chi connectivity index (χ0v) is 11.7. The third kappa shape index (κ3) is 2.33. The Labute approximate surface area is 121 Å². The highest BCUT2D eigenvalue weighted by atomic mass is 16.4. The number of carbonyl (C=O) groups is 1. The van der Waals surface area contributed by atoms with Gasteiger partial charge in [0.15, 0.2) is 11.5 Å². The van der Waals surface area contributed by atoms with E-state index in [1.807, 2.05) is 32.0 Å². The van der Waals surface area contributed by atoms with Gasteiger partial charge in [0.05, 0.1) is 12.0 Å². The number of hydrogen-bond donors (Lipinski definition) is 1. The molecule has 0 bridgehead atoms. The van der Waals surface area contributed by atoms with Crippen molar-refractivity contribution in [3.05, 3.63) is 59.5 Å². The molecule has 5 nitrogen and oxygen atoms in total. The van der Waals surface area contributed by atoms with E-state index < -0.39 is 5.97 Å². The van der Waals surface area contributed by atoms with Crippen LogP contribution in [-0.4, -0.2) is 20.9 Å². The molecule has 0 aliphatic heterocycles. The quantitative estimate of drug-likeness (QED) is 0.799. The number of aromatic nitrogens is 2. The average Bonchev–Trinajstić information content (AvgIpc) is 3.09. The number of nitrogens with zero attached hydrogens (tertiary/aromatic N) is 2. The van der Waals surface area contributed by atoms with Crippen LogP contribution in [0.3, 0.4) is 0 Å². The van der Waals surface area contributed by atoms with E-state index in [2.05, 4.69) is 5.10 Å². The Balaban J connectivity index is 2.21. The van der Waals surface area contributed by atoms with Gasteiger partial charge in [-0.05, 0) is 43.2 Å². The number of aromatic carboxylic acids is 1. The monoisotopic (exact) mass is 282 g/mol. The maximum Gasteiger partial charge on any atom is 0.354 e. The first-order chi connectivity index (χ1) is 10.1. The second-order valence-electron chi connectivity index (χ2n) is 4.90. The molecule has 5 heteroatoms. The van der Waals surface area contributed by atoms with E-state index in [1.165, 1.54) is 17.0 Å². The van der Waals surface area contributed by atoms with Crippen molar-refractivity contribution in [3.8, 4) is 17.1 Å². The molecule has 0 aliphatic carbocycles. The molecule has 2 heterocycles. The van der Waals surface area contributed by atoms with Gasteiger partial charge in [0.25, 0.3) is 0 Å². The molecule has 0 radical (unpaired) electrons. The predicted molar refractivity (Wildman–Crippen MR) is 77.7 cm³/mol. The molecule has 0 aliphatic rings. The summed E-state index contributed by atoms with van der Waals surface area (Å²) in [7, 11) is 0. The van der Waals surface area contributed by atoms with E-state index in [9.17, 15) is 9.90 Å². The number of carboxylic acid groups (broad SMARTS) is 1. The molecular formula is C16H14N2O3. The van der Waals surface area contributed by atoms with Crippen molar-refractivity contribution in [2.45, 2.75) is 13.8 Å². The van der Waals surface area contributed by atoms with Gasteiger partial charge in [0.2, 0.25) is 0 Å². The standard InChI is InChI=1S/C16H14N2O3/c1-10-5-6-11(2)13(8-10)18-14(16(19)20)9-12(17-18)15-4-3-7-21-15/h3-9H,1-2H3,(H,19,20). The van der Waals surface area contributed by atoms with E-state index in [1.54, 1.807) is 12.1 Å². The number of furan rings is 1. The van der Waals surface area contributed by atoms with E-state index in [-0.39, 0.29) is 5.69 Å². The first-order valence-electron chi connectivity index (χ1n) is 6.51. The molecular weight excluding hydrogens is 268 g/mol. The molecule has 0 saturated carbocycles. The second kappa shape index (κ2) is 4.94. The number of rotatable bonds is 3. The summed E-state index contributed by atoms with van der Waals surface area (Å²) in [4.78, 5) is 11.5. The van der Waals surface area contributed by atoms with Gasteiger partial charge in [0.1, 0.15) is 5.69 Å². The lowest BCUT2D eigenvalue weighted by atomic mass is 10.1. The largest absolute Gasteiger partial charge is 0.477 e. The van der Waals surface area contributed by atoms with Gasteiger partial charge >= 0.3 is 5.97 Å². The molecule has 0 fully saturated rings. The smallest absolute Gasteiger partial charge is 0.354 e. The fourth-order valence-corrected chi connectivity index (χ4v) is 2.21. The topological polar surface area (TPSA) is 68.3 Å². The van der Waals surface area contributed by atoms with E-state index in [4.69, 9.17) is 4.42 Å². The SMILES string of the molecule is Cc1ccc(C)c(-n2nc(-c3ccco3)cc2C(=O)O)c1. The van der Waals surface area contributed by atoms with Gasteiger partial charge in [-0.15, -0.1) is 0 Å². The maximum atomic E-state index is 11.5. The summed E-state index contributed by atoms with van der Waals surface area (Å²) in [6, 6.07) is 10.9. The fourth-order valence-electron chi connectivity index (χ4n) is 2.21. The fraction of sp³-hybridized carbons (Fsp3) is 0.125. The van der Waals surface area contributed by atoms with Crippen molar-refractivity contribution in [1.82, 2.24) is 9.78 Å². The molecule has 0 spiro atoms. The molecule has 3 rings (SSSR count). The summed E-state index contributed by atoms with van der Waals surface area (Å²) in [5, 5.41) is 13.8. The van der Waals surface area contributed by atoms with Gasteiger partial charge in [0, 0.05) is 6.07 Å². The molecule has 0 amide bonds. The lowest BCUT2D eigenvalue weighted by Crippen LogP contribution is -2.09. The Morgan fingerprint density at radius 1 is 1.24 bits per heavy atom. The van der Waals surface area contributed by atoms with Crippen LogP contribution in [0.25, 0.3) is 17.1 Å². The summed E-state index contributed by atoms with van der Waals surface area (Å²) >= 11 is 0. The minimum absolute atomic E-state index is 0.107. The second-order valence-corrected chi connectivity index (χ2v) is 4.90. The van der Waals surface area contributed by atoms with E-state index in [0.29, 0.717) is 11.5 Å². The van der Waals surface area contributed by atoms with Crippen molar-refractivity contribution in [2.75, 3.05) is 0 Å². The summed E-state index contributed by atoms with van der Waals surface area (Å²) in [6.07, 6.45) is 1.53. The Bertz CT molecular complexity index is 801. The van der Waals surface area contributed by atoms with E-state index >= 15 is 0 Å². The van der Waals surface area contributed by atoms with Crippen LogP contribution in [0.2, 0.25) is 0 Å². The number of carboxylic acids is 1. The first kappa shape index (κ1) is 13.2. The summed E-state index contributed by atoms with van der Waals surface area (Å²) in [6.45, 7) is 3.88. The zero-order chi connectivity index (χ0) is 15.0. The van der Waals surface area contributed by atoms with E-state index in [0.717, 1.165) is 16.8 Å². The van der Waals surface area contributed by atoms with Crippen LogP contribution in [0, 0.1) is 13.8 Å². The maximum absolute atomic E-state index is 11.5. The Morgan fingerprint density at radius 2 is 2.05 bits per heavy atom. The molecule has 3 aromatic rings. The minimum atomic E-state index is -1.03. The molecule has 0 atom stereocenters. The van der Waals surface area contributed by atoms with Crippen LogP contribution < -0.4 is 0 Å². The number of aryl methyl sites for hydroxylation is 2. The summed E-state index contributed by atoms with van der Waals surface area (Å²) in [5.41, 5.74) is 3.36. The molecule has 1 aromatic carbocycles. The Morgan fingerprint density at radius 3 is 2.71 bits per heavy atom. The Kier molecular flexibility index (Phi) is 3.10. The number of benzene rings is 1. The molecule has 106 valence electrons. The van der Waals surface area contributed by atoms with Gasteiger partial charge in [-0.1, -0.05) is 12.1 Å². The van der Waals surface area contributed by atoms with Crippen molar-refractivity contribution in [2.24, 2.45) is 0 Å². The summed E-state index contributed by atoms with van der Waals surface area (Å²) < 4.78 is 6.74. The lowest BCUT2D eigenvalue weighted by molar-refractivity contribution is 0.0687. The van der Waals surface area contributed by atoms with Crippen molar-refractivity contribution in [3.63, 3.8) is 0 Å². The molecule has 1 N–H and O–H groups in total. The molecule has 21 heavy (non-hydrogen) atoms. The highest BCUT2D eigenvalue weighted by Gasteiger charge is 2.18. The van der Waals surface area contributed by atoms with Crippen molar-refractivity contribution >= 4 is 5.97 Å². The van der Waals surface area contributed by atoms with Crippen LogP contribution in [0.4, 0.5) is 0 Å².